The average Bonchev–Trinajstić information content (AvgIpc) is 1.89. The molecule has 0 saturated carbocycles. The fourth-order valence-corrected chi connectivity index (χ4v) is 1.01. The minimum absolute atomic E-state index is 0.608. The Morgan fingerprint density at radius 3 is 2.90 bits per heavy atom. The van der Waals surface area contributed by atoms with Crippen molar-refractivity contribution in [3.05, 3.63) is 24.3 Å². The first-order chi connectivity index (χ1) is 4.77. The lowest BCUT2D eigenvalue weighted by Gasteiger charge is -2.16. The first kappa shape index (κ1) is 7.35. The van der Waals surface area contributed by atoms with Crippen LogP contribution in [0.4, 0.5) is 0 Å². The SMILES string of the molecule is O/N=C/C1(Cl)C=CC=CC1. The maximum atomic E-state index is 8.21. The molecule has 0 heterocycles. The van der Waals surface area contributed by atoms with Gasteiger partial charge in [0, 0.05) is 0 Å². The number of halogens is 1. The van der Waals surface area contributed by atoms with E-state index in [-0.39, 0.29) is 0 Å². The third kappa shape index (κ3) is 1.61. The van der Waals surface area contributed by atoms with Gasteiger partial charge in [-0.3, -0.25) is 0 Å². The monoisotopic (exact) mass is 157 g/mol. The number of rotatable bonds is 1. The van der Waals surface area contributed by atoms with E-state index in [4.69, 9.17) is 16.8 Å². The van der Waals surface area contributed by atoms with E-state index < -0.39 is 4.87 Å². The van der Waals surface area contributed by atoms with Crippen molar-refractivity contribution in [3.63, 3.8) is 0 Å². The minimum atomic E-state index is -0.608. The number of nitrogens with zero attached hydrogens (tertiary/aromatic N) is 1. The average molecular weight is 158 g/mol. The van der Waals surface area contributed by atoms with Gasteiger partial charge in [0.2, 0.25) is 0 Å². The van der Waals surface area contributed by atoms with E-state index in [0.717, 1.165) is 0 Å². The standard InChI is InChI=1S/C7H8ClNO/c8-7(6-9-10)4-2-1-3-5-7/h1-4,6,10H,5H2/b9-6+. The van der Waals surface area contributed by atoms with Crippen LogP contribution in [-0.4, -0.2) is 16.3 Å². The molecule has 0 aromatic rings. The largest absolute Gasteiger partial charge is 0.411 e. The van der Waals surface area contributed by atoms with Crippen LogP contribution in [0, 0.1) is 0 Å². The summed E-state index contributed by atoms with van der Waals surface area (Å²) in [5.74, 6) is 0. The maximum Gasteiger partial charge on any atom is 0.105 e. The number of oxime groups is 1. The molecule has 1 rings (SSSR count). The zero-order valence-corrected chi connectivity index (χ0v) is 6.12. The lowest BCUT2D eigenvalue weighted by molar-refractivity contribution is 0.319. The molecule has 1 unspecified atom stereocenters. The summed E-state index contributed by atoms with van der Waals surface area (Å²) in [5, 5.41) is 11.1. The molecule has 0 fully saturated rings. The number of allylic oxidation sites excluding steroid dienone is 4. The van der Waals surface area contributed by atoms with Gasteiger partial charge in [-0.1, -0.05) is 29.5 Å². The second-order valence-electron chi connectivity index (χ2n) is 2.16. The molecule has 2 nitrogen and oxygen atoms in total. The van der Waals surface area contributed by atoms with Gasteiger partial charge in [-0.25, -0.2) is 0 Å². The van der Waals surface area contributed by atoms with Crippen molar-refractivity contribution in [1.29, 1.82) is 0 Å². The van der Waals surface area contributed by atoms with E-state index in [0.29, 0.717) is 6.42 Å². The molecule has 0 bridgehead atoms. The summed E-state index contributed by atoms with van der Waals surface area (Å²) in [7, 11) is 0. The number of hydrogen-bond acceptors (Lipinski definition) is 2. The Bertz CT molecular complexity index is 198. The Balaban J connectivity index is 2.70. The van der Waals surface area contributed by atoms with E-state index in [1.54, 1.807) is 6.08 Å². The molecule has 54 valence electrons. The van der Waals surface area contributed by atoms with Crippen molar-refractivity contribution in [3.8, 4) is 0 Å². The van der Waals surface area contributed by atoms with Crippen LogP contribution in [0.25, 0.3) is 0 Å². The summed E-state index contributed by atoms with van der Waals surface area (Å²) in [4.78, 5) is -0.608. The Labute approximate surface area is 64.5 Å². The van der Waals surface area contributed by atoms with Gasteiger partial charge in [-0.2, -0.15) is 0 Å². The molecule has 0 saturated heterocycles. The summed E-state index contributed by atoms with van der Waals surface area (Å²) < 4.78 is 0. The highest BCUT2D eigenvalue weighted by Gasteiger charge is 2.20. The third-order valence-electron chi connectivity index (χ3n) is 1.32. The predicted octanol–water partition coefficient (Wildman–Crippen LogP) is 1.94. The molecule has 0 aromatic carbocycles. The van der Waals surface area contributed by atoms with Gasteiger partial charge < -0.3 is 5.21 Å². The first-order valence-corrected chi connectivity index (χ1v) is 3.36. The van der Waals surface area contributed by atoms with Crippen molar-refractivity contribution in [2.45, 2.75) is 11.3 Å². The lowest BCUT2D eigenvalue weighted by Crippen LogP contribution is -2.20. The molecule has 1 aliphatic carbocycles. The van der Waals surface area contributed by atoms with Crippen molar-refractivity contribution >= 4 is 17.8 Å². The van der Waals surface area contributed by atoms with Gasteiger partial charge in [-0.15, -0.1) is 11.6 Å². The van der Waals surface area contributed by atoms with Gasteiger partial charge in [0.15, 0.2) is 0 Å². The van der Waals surface area contributed by atoms with Crippen molar-refractivity contribution in [1.82, 2.24) is 0 Å². The molecule has 0 spiro atoms. The summed E-state index contributed by atoms with van der Waals surface area (Å²) in [6, 6.07) is 0. The molecular formula is C7H8ClNO. The number of hydrogen-bond donors (Lipinski definition) is 1. The van der Waals surface area contributed by atoms with Crippen molar-refractivity contribution < 1.29 is 5.21 Å². The summed E-state index contributed by atoms with van der Waals surface area (Å²) >= 11 is 5.93. The van der Waals surface area contributed by atoms with E-state index in [1.165, 1.54) is 6.21 Å². The Morgan fingerprint density at radius 2 is 2.40 bits per heavy atom. The van der Waals surface area contributed by atoms with Gasteiger partial charge >= 0.3 is 0 Å². The molecule has 0 amide bonds. The molecule has 1 aliphatic rings. The summed E-state index contributed by atoms with van der Waals surface area (Å²) in [5.41, 5.74) is 0. The minimum Gasteiger partial charge on any atom is -0.411 e. The van der Waals surface area contributed by atoms with Crippen LogP contribution in [0.3, 0.4) is 0 Å². The van der Waals surface area contributed by atoms with Crippen molar-refractivity contribution in [2.24, 2.45) is 5.16 Å². The van der Waals surface area contributed by atoms with Gasteiger partial charge in [0.25, 0.3) is 0 Å². The van der Waals surface area contributed by atoms with E-state index in [9.17, 15) is 0 Å². The Kier molecular flexibility index (Phi) is 2.12. The molecular weight excluding hydrogens is 150 g/mol. The molecule has 10 heavy (non-hydrogen) atoms. The highest BCUT2D eigenvalue weighted by Crippen LogP contribution is 2.22. The van der Waals surface area contributed by atoms with E-state index in [1.807, 2.05) is 18.2 Å². The third-order valence-corrected chi connectivity index (χ3v) is 1.70. The molecule has 1 atom stereocenters. The molecule has 0 aromatic heterocycles. The zero-order valence-electron chi connectivity index (χ0n) is 5.37. The van der Waals surface area contributed by atoms with Crippen LogP contribution < -0.4 is 0 Å². The van der Waals surface area contributed by atoms with Crippen LogP contribution in [0.5, 0.6) is 0 Å². The second kappa shape index (κ2) is 2.88. The molecule has 0 aliphatic heterocycles. The fraction of sp³-hybridized carbons (Fsp3) is 0.286. The Hall–Kier alpha value is -0.760. The molecule has 0 radical (unpaired) electrons. The highest BCUT2D eigenvalue weighted by atomic mass is 35.5. The van der Waals surface area contributed by atoms with Crippen LogP contribution in [0.1, 0.15) is 6.42 Å². The van der Waals surface area contributed by atoms with E-state index >= 15 is 0 Å². The Morgan fingerprint density at radius 1 is 1.60 bits per heavy atom. The maximum absolute atomic E-state index is 8.21. The van der Waals surface area contributed by atoms with Crippen LogP contribution in [0.15, 0.2) is 29.5 Å². The smallest absolute Gasteiger partial charge is 0.105 e. The molecule has 3 heteroatoms. The van der Waals surface area contributed by atoms with Crippen LogP contribution >= 0.6 is 11.6 Å². The summed E-state index contributed by atoms with van der Waals surface area (Å²) in [6.45, 7) is 0. The van der Waals surface area contributed by atoms with Crippen molar-refractivity contribution in [2.75, 3.05) is 0 Å². The second-order valence-corrected chi connectivity index (χ2v) is 2.87. The van der Waals surface area contributed by atoms with Crippen LogP contribution in [0.2, 0.25) is 0 Å². The van der Waals surface area contributed by atoms with Gasteiger partial charge in [0.05, 0.1) is 6.21 Å². The normalized spacial score (nSPS) is 31.7. The fourth-order valence-electron chi connectivity index (χ4n) is 0.803. The predicted molar refractivity (Wildman–Crippen MR) is 41.8 cm³/mol. The first-order valence-electron chi connectivity index (χ1n) is 2.99. The highest BCUT2D eigenvalue weighted by molar-refractivity contribution is 6.33. The van der Waals surface area contributed by atoms with Gasteiger partial charge in [0.1, 0.15) is 4.87 Å². The topological polar surface area (TPSA) is 32.6 Å². The lowest BCUT2D eigenvalue weighted by atomic mass is 10.0. The van der Waals surface area contributed by atoms with Crippen LogP contribution in [-0.2, 0) is 0 Å². The number of alkyl halides is 1. The quantitative estimate of drug-likeness (QED) is 0.268. The van der Waals surface area contributed by atoms with Gasteiger partial charge in [-0.05, 0) is 6.42 Å². The van der Waals surface area contributed by atoms with E-state index in [2.05, 4.69) is 5.16 Å². The zero-order chi connectivity index (χ0) is 7.45. The summed E-state index contributed by atoms with van der Waals surface area (Å²) in [6.07, 6.45) is 9.44. The molecule has 1 N–H and O–H groups in total.